The lowest BCUT2D eigenvalue weighted by molar-refractivity contribution is 0.471. The quantitative estimate of drug-likeness (QED) is 0.896. The molecule has 0 fully saturated rings. The number of hydrogen-bond donors (Lipinski definition) is 1. The van der Waals surface area contributed by atoms with Crippen molar-refractivity contribution in [1.29, 1.82) is 0 Å². The van der Waals surface area contributed by atoms with Crippen LogP contribution in [0.5, 0.6) is 11.5 Å². The third-order valence-corrected chi connectivity index (χ3v) is 2.63. The Bertz CT molecular complexity index is 506. The number of aryl methyl sites for hydroxylation is 1. The molecule has 3 heteroatoms. The van der Waals surface area contributed by atoms with Crippen molar-refractivity contribution in [2.45, 2.75) is 26.3 Å². The first-order chi connectivity index (χ1) is 8.65. The molecule has 0 bridgehead atoms. The van der Waals surface area contributed by atoms with E-state index in [4.69, 9.17) is 10.5 Å². The maximum Gasteiger partial charge on any atom is 0.145 e. The zero-order valence-electron chi connectivity index (χ0n) is 10.8. The fraction of sp³-hybridized carbons (Fsp3) is 0.267. The fourth-order valence-corrected chi connectivity index (χ4v) is 1.76. The number of ether oxygens (including phenoxy) is 1. The van der Waals surface area contributed by atoms with Gasteiger partial charge >= 0.3 is 0 Å². The highest BCUT2D eigenvalue weighted by Gasteiger charge is 2.06. The van der Waals surface area contributed by atoms with Crippen molar-refractivity contribution in [3.8, 4) is 11.5 Å². The van der Waals surface area contributed by atoms with E-state index in [9.17, 15) is 0 Å². The molecule has 18 heavy (non-hydrogen) atoms. The molecule has 0 amide bonds. The second-order valence-corrected chi connectivity index (χ2v) is 4.53. The maximum atomic E-state index is 5.85. The predicted molar refractivity (Wildman–Crippen MR) is 72.8 cm³/mol. The van der Waals surface area contributed by atoms with E-state index in [-0.39, 0.29) is 6.04 Å². The summed E-state index contributed by atoms with van der Waals surface area (Å²) in [7, 11) is 0. The number of rotatable bonds is 4. The highest BCUT2D eigenvalue weighted by molar-refractivity contribution is 5.37. The highest BCUT2D eigenvalue weighted by Crippen LogP contribution is 2.25. The van der Waals surface area contributed by atoms with Gasteiger partial charge in [-0.15, -0.1) is 0 Å². The Hall–Kier alpha value is -1.87. The smallest absolute Gasteiger partial charge is 0.145 e. The van der Waals surface area contributed by atoms with E-state index in [2.05, 4.69) is 4.98 Å². The minimum Gasteiger partial charge on any atom is -0.455 e. The van der Waals surface area contributed by atoms with Gasteiger partial charge in [0.2, 0.25) is 0 Å². The highest BCUT2D eigenvalue weighted by atomic mass is 16.5. The first-order valence-corrected chi connectivity index (χ1v) is 6.09. The lowest BCUT2D eigenvalue weighted by Gasteiger charge is -2.12. The zero-order valence-corrected chi connectivity index (χ0v) is 10.8. The topological polar surface area (TPSA) is 48.1 Å². The molecule has 94 valence electrons. The number of benzene rings is 1. The molecule has 2 rings (SSSR count). The average molecular weight is 242 g/mol. The van der Waals surface area contributed by atoms with Crippen LogP contribution in [0.4, 0.5) is 0 Å². The molecule has 1 heterocycles. The van der Waals surface area contributed by atoms with Gasteiger partial charge in [0.25, 0.3) is 0 Å². The fourth-order valence-electron chi connectivity index (χ4n) is 1.76. The van der Waals surface area contributed by atoms with Gasteiger partial charge in [0.05, 0.1) is 6.20 Å². The van der Waals surface area contributed by atoms with Gasteiger partial charge in [-0.2, -0.15) is 0 Å². The van der Waals surface area contributed by atoms with Gasteiger partial charge in [0, 0.05) is 11.7 Å². The van der Waals surface area contributed by atoms with Crippen molar-refractivity contribution in [3.63, 3.8) is 0 Å². The van der Waals surface area contributed by atoms with Crippen LogP contribution in [0.15, 0.2) is 42.6 Å². The molecule has 0 spiro atoms. The van der Waals surface area contributed by atoms with Crippen LogP contribution in [0.1, 0.15) is 18.2 Å². The number of nitrogens with two attached hydrogens (primary N) is 1. The Labute approximate surface area is 108 Å². The summed E-state index contributed by atoms with van der Waals surface area (Å²) < 4.78 is 5.85. The van der Waals surface area contributed by atoms with E-state index in [0.717, 1.165) is 29.2 Å². The maximum absolute atomic E-state index is 5.85. The normalized spacial score (nSPS) is 12.2. The molecule has 0 saturated carbocycles. The summed E-state index contributed by atoms with van der Waals surface area (Å²) in [5, 5.41) is 0. The Kier molecular flexibility index (Phi) is 3.95. The van der Waals surface area contributed by atoms with Gasteiger partial charge in [-0.25, -0.2) is 0 Å². The van der Waals surface area contributed by atoms with E-state index in [1.165, 1.54) is 0 Å². The van der Waals surface area contributed by atoms with Gasteiger partial charge in [-0.3, -0.25) is 4.98 Å². The Morgan fingerprint density at radius 3 is 2.67 bits per heavy atom. The Morgan fingerprint density at radius 1 is 1.22 bits per heavy atom. The molecular weight excluding hydrogens is 224 g/mol. The third kappa shape index (κ3) is 3.31. The average Bonchev–Trinajstić information content (AvgIpc) is 2.34. The van der Waals surface area contributed by atoms with E-state index < -0.39 is 0 Å². The van der Waals surface area contributed by atoms with Gasteiger partial charge in [0.15, 0.2) is 0 Å². The molecule has 1 aromatic heterocycles. The third-order valence-electron chi connectivity index (χ3n) is 2.63. The van der Waals surface area contributed by atoms with Crippen molar-refractivity contribution >= 4 is 0 Å². The van der Waals surface area contributed by atoms with Crippen molar-refractivity contribution in [2.24, 2.45) is 5.73 Å². The molecule has 0 aliphatic heterocycles. The monoisotopic (exact) mass is 242 g/mol. The van der Waals surface area contributed by atoms with E-state index in [0.29, 0.717) is 0 Å². The summed E-state index contributed by atoms with van der Waals surface area (Å²) in [6.45, 7) is 3.94. The number of para-hydroxylation sites is 1. The van der Waals surface area contributed by atoms with Gasteiger partial charge in [-0.05, 0) is 44.0 Å². The van der Waals surface area contributed by atoms with Crippen molar-refractivity contribution < 1.29 is 4.74 Å². The molecule has 0 saturated heterocycles. The van der Waals surface area contributed by atoms with E-state index >= 15 is 0 Å². The minimum atomic E-state index is 0.117. The first-order valence-electron chi connectivity index (χ1n) is 6.09. The minimum absolute atomic E-state index is 0.117. The summed E-state index contributed by atoms with van der Waals surface area (Å²) in [4.78, 5) is 4.22. The summed E-state index contributed by atoms with van der Waals surface area (Å²) >= 11 is 0. The van der Waals surface area contributed by atoms with Crippen molar-refractivity contribution in [2.75, 3.05) is 0 Å². The van der Waals surface area contributed by atoms with E-state index in [1.54, 1.807) is 6.20 Å². The molecule has 3 nitrogen and oxygen atoms in total. The van der Waals surface area contributed by atoms with Gasteiger partial charge in [-0.1, -0.05) is 18.2 Å². The number of hydrogen-bond acceptors (Lipinski definition) is 3. The van der Waals surface area contributed by atoms with Crippen LogP contribution in [-0.4, -0.2) is 11.0 Å². The van der Waals surface area contributed by atoms with Crippen LogP contribution in [0, 0.1) is 6.92 Å². The summed E-state index contributed by atoms with van der Waals surface area (Å²) in [5.74, 6) is 1.60. The molecule has 2 N–H and O–H groups in total. The second kappa shape index (κ2) is 5.65. The number of nitrogens with zero attached hydrogens (tertiary/aromatic N) is 1. The number of aromatic nitrogens is 1. The molecule has 2 aromatic rings. The van der Waals surface area contributed by atoms with E-state index in [1.807, 2.05) is 50.2 Å². The number of pyridine rings is 1. The summed E-state index contributed by atoms with van der Waals surface area (Å²) in [6, 6.07) is 11.9. The van der Waals surface area contributed by atoms with Crippen molar-refractivity contribution in [3.05, 3.63) is 53.9 Å². The van der Waals surface area contributed by atoms with Crippen LogP contribution in [0.25, 0.3) is 0 Å². The van der Waals surface area contributed by atoms with Crippen LogP contribution in [0.3, 0.4) is 0 Å². The molecule has 0 radical (unpaired) electrons. The predicted octanol–water partition coefficient (Wildman–Crippen LogP) is 3.07. The SMILES string of the molecule is Cc1ccc(Oc2ccccc2CC(C)N)cn1. The Morgan fingerprint density at radius 2 is 2.00 bits per heavy atom. The molecule has 0 aliphatic carbocycles. The molecule has 1 aromatic carbocycles. The van der Waals surface area contributed by atoms with Gasteiger partial charge < -0.3 is 10.5 Å². The summed E-state index contributed by atoms with van der Waals surface area (Å²) in [6.07, 6.45) is 2.54. The molecule has 0 aliphatic rings. The van der Waals surface area contributed by atoms with Crippen molar-refractivity contribution in [1.82, 2.24) is 4.98 Å². The molecule has 1 atom stereocenters. The second-order valence-electron chi connectivity index (χ2n) is 4.53. The Balaban J connectivity index is 2.20. The first kappa shape index (κ1) is 12.6. The van der Waals surface area contributed by atoms with Crippen LogP contribution in [-0.2, 0) is 6.42 Å². The summed E-state index contributed by atoms with van der Waals surface area (Å²) in [5.41, 5.74) is 7.94. The van der Waals surface area contributed by atoms with Crippen LogP contribution in [0.2, 0.25) is 0 Å². The van der Waals surface area contributed by atoms with Crippen LogP contribution >= 0.6 is 0 Å². The molecular formula is C15H18N2O. The standard InChI is InChI=1S/C15H18N2O/c1-11(16)9-13-5-3-4-6-15(13)18-14-8-7-12(2)17-10-14/h3-8,10-11H,9,16H2,1-2H3. The largest absolute Gasteiger partial charge is 0.455 e. The lowest BCUT2D eigenvalue weighted by atomic mass is 10.1. The van der Waals surface area contributed by atoms with Gasteiger partial charge in [0.1, 0.15) is 11.5 Å². The zero-order chi connectivity index (χ0) is 13.0. The lowest BCUT2D eigenvalue weighted by Crippen LogP contribution is -2.18. The molecule has 1 unspecified atom stereocenters. The van der Waals surface area contributed by atoms with Crippen LogP contribution < -0.4 is 10.5 Å².